The average Bonchev–Trinajstić information content (AvgIpc) is 2.65. The lowest BCUT2D eigenvalue weighted by Gasteiger charge is -2.30. The summed E-state index contributed by atoms with van der Waals surface area (Å²) < 4.78 is 5.20. The van der Waals surface area contributed by atoms with Crippen molar-refractivity contribution in [2.24, 2.45) is 0 Å². The molecule has 5 heteroatoms. The van der Waals surface area contributed by atoms with Gasteiger partial charge in [-0.25, -0.2) is 0 Å². The van der Waals surface area contributed by atoms with Crippen molar-refractivity contribution >= 4 is 11.9 Å². The molecule has 1 fully saturated rings. The Balaban J connectivity index is 2.60. The van der Waals surface area contributed by atoms with E-state index in [0.717, 1.165) is 25.7 Å². The number of amides is 1. The number of ether oxygens (including phenoxy) is 1. The minimum Gasteiger partial charge on any atom is -0.481 e. The molecule has 0 spiro atoms. The summed E-state index contributed by atoms with van der Waals surface area (Å²) in [5, 5.41) is 11.8. The van der Waals surface area contributed by atoms with E-state index in [2.05, 4.69) is 5.32 Å². The van der Waals surface area contributed by atoms with Crippen LogP contribution in [0.3, 0.4) is 0 Å². The molecule has 1 unspecified atom stereocenters. The number of rotatable bonds is 6. The van der Waals surface area contributed by atoms with E-state index >= 15 is 0 Å². The van der Waals surface area contributed by atoms with Gasteiger partial charge in [-0.1, -0.05) is 12.8 Å². The summed E-state index contributed by atoms with van der Waals surface area (Å²) in [6.45, 7) is 3.98. The molecular weight excluding hydrogens is 222 g/mol. The van der Waals surface area contributed by atoms with Gasteiger partial charge in [-0.05, 0) is 26.7 Å². The average molecular weight is 243 g/mol. The van der Waals surface area contributed by atoms with Gasteiger partial charge in [-0.2, -0.15) is 0 Å². The molecule has 0 aromatic heterocycles. The van der Waals surface area contributed by atoms with Crippen molar-refractivity contribution in [3.8, 4) is 0 Å². The van der Waals surface area contributed by atoms with E-state index in [4.69, 9.17) is 9.84 Å². The highest BCUT2D eigenvalue weighted by Crippen LogP contribution is 2.32. The fourth-order valence-corrected chi connectivity index (χ4v) is 2.38. The van der Waals surface area contributed by atoms with Gasteiger partial charge in [0.25, 0.3) is 0 Å². The van der Waals surface area contributed by atoms with Crippen molar-refractivity contribution in [2.45, 2.75) is 57.6 Å². The molecule has 0 saturated heterocycles. The minimum atomic E-state index is -0.865. The third-order valence-corrected chi connectivity index (χ3v) is 3.22. The number of carbonyl (C=O) groups excluding carboxylic acids is 1. The Bertz CT molecular complexity index is 284. The van der Waals surface area contributed by atoms with E-state index in [1.807, 2.05) is 6.92 Å². The normalized spacial score (nSPS) is 19.9. The molecule has 5 nitrogen and oxygen atoms in total. The van der Waals surface area contributed by atoms with Crippen molar-refractivity contribution in [2.75, 3.05) is 6.61 Å². The smallest absolute Gasteiger partial charge is 0.305 e. The lowest BCUT2D eigenvalue weighted by molar-refractivity contribution is -0.140. The summed E-state index contributed by atoms with van der Waals surface area (Å²) in [4.78, 5) is 22.7. The summed E-state index contributed by atoms with van der Waals surface area (Å²) in [6.07, 6.45) is 2.89. The lowest BCUT2D eigenvalue weighted by Crippen LogP contribution is -2.51. The van der Waals surface area contributed by atoms with Crippen LogP contribution in [0, 0.1) is 0 Å². The van der Waals surface area contributed by atoms with E-state index < -0.39 is 17.6 Å². The van der Waals surface area contributed by atoms with Crippen LogP contribution >= 0.6 is 0 Å². The van der Waals surface area contributed by atoms with Gasteiger partial charge in [0.05, 0.1) is 12.0 Å². The molecule has 0 heterocycles. The molecule has 0 aromatic carbocycles. The van der Waals surface area contributed by atoms with E-state index in [1.165, 1.54) is 0 Å². The van der Waals surface area contributed by atoms with Crippen molar-refractivity contribution < 1.29 is 19.4 Å². The quantitative estimate of drug-likeness (QED) is 0.737. The van der Waals surface area contributed by atoms with E-state index in [-0.39, 0.29) is 12.3 Å². The second kappa shape index (κ2) is 6.00. The SMILES string of the molecule is CCOC(C)C(=O)NC1(CC(=O)O)CCCC1. The Kier molecular flexibility index (Phi) is 4.93. The van der Waals surface area contributed by atoms with Gasteiger partial charge >= 0.3 is 5.97 Å². The first-order valence-corrected chi connectivity index (χ1v) is 6.14. The predicted molar refractivity (Wildman–Crippen MR) is 62.7 cm³/mol. The second-order valence-corrected chi connectivity index (χ2v) is 4.64. The lowest BCUT2D eigenvalue weighted by atomic mass is 9.93. The van der Waals surface area contributed by atoms with Gasteiger partial charge in [-0.15, -0.1) is 0 Å². The van der Waals surface area contributed by atoms with Crippen molar-refractivity contribution in [1.82, 2.24) is 5.32 Å². The van der Waals surface area contributed by atoms with Crippen LogP contribution < -0.4 is 5.32 Å². The molecule has 1 aliphatic rings. The first-order valence-electron chi connectivity index (χ1n) is 6.14. The maximum absolute atomic E-state index is 11.8. The molecule has 2 N–H and O–H groups in total. The van der Waals surface area contributed by atoms with E-state index in [0.29, 0.717) is 6.61 Å². The number of carboxylic acids is 1. The maximum atomic E-state index is 11.8. The van der Waals surface area contributed by atoms with Crippen LogP contribution in [0.2, 0.25) is 0 Å². The Morgan fingerprint density at radius 1 is 1.41 bits per heavy atom. The Labute approximate surface area is 102 Å². The standard InChI is InChI=1S/C12H21NO4/c1-3-17-9(2)11(16)13-12(8-10(14)15)6-4-5-7-12/h9H,3-8H2,1-2H3,(H,13,16)(H,14,15). The van der Waals surface area contributed by atoms with Crippen LogP contribution in [-0.4, -0.2) is 35.2 Å². The zero-order valence-electron chi connectivity index (χ0n) is 10.5. The minimum absolute atomic E-state index is 0.00240. The van der Waals surface area contributed by atoms with Crippen LogP contribution in [-0.2, 0) is 14.3 Å². The first kappa shape index (κ1) is 14.0. The summed E-state index contributed by atoms with van der Waals surface area (Å²) in [5.74, 6) is -1.08. The monoisotopic (exact) mass is 243 g/mol. The zero-order chi connectivity index (χ0) is 12.9. The van der Waals surface area contributed by atoms with Gasteiger partial charge < -0.3 is 15.2 Å². The Hall–Kier alpha value is -1.10. The molecule has 1 atom stereocenters. The summed E-state index contributed by atoms with van der Waals surface area (Å²) in [7, 11) is 0. The van der Waals surface area contributed by atoms with Crippen LogP contribution in [0.4, 0.5) is 0 Å². The number of carboxylic acid groups (broad SMARTS) is 1. The van der Waals surface area contributed by atoms with Crippen molar-refractivity contribution in [3.63, 3.8) is 0 Å². The molecular formula is C12H21NO4. The molecule has 1 saturated carbocycles. The number of nitrogens with one attached hydrogen (secondary N) is 1. The third kappa shape index (κ3) is 4.00. The van der Waals surface area contributed by atoms with Gasteiger partial charge in [0.15, 0.2) is 0 Å². The molecule has 0 bridgehead atoms. The molecule has 0 radical (unpaired) electrons. The summed E-state index contributed by atoms with van der Waals surface area (Å²) >= 11 is 0. The van der Waals surface area contributed by atoms with Crippen LogP contribution in [0.15, 0.2) is 0 Å². The number of hydrogen-bond acceptors (Lipinski definition) is 3. The van der Waals surface area contributed by atoms with Crippen molar-refractivity contribution in [1.29, 1.82) is 0 Å². The van der Waals surface area contributed by atoms with Gasteiger partial charge in [0.2, 0.25) is 5.91 Å². The predicted octanol–water partition coefficient (Wildman–Crippen LogP) is 1.32. The zero-order valence-corrected chi connectivity index (χ0v) is 10.5. The molecule has 1 amide bonds. The van der Waals surface area contributed by atoms with Crippen LogP contribution in [0.25, 0.3) is 0 Å². The van der Waals surface area contributed by atoms with Crippen LogP contribution in [0.1, 0.15) is 46.0 Å². The molecule has 98 valence electrons. The number of carbonyl (C=O) groups is 2. The third-order valence-electron chi connectivity index (χ3n) is 3.22. The van der Waals surface area contributed by atoms with E-state index in [1.54, 1.807) is 6.92 Å². The molecule has 0 aliphatic heterocycles. The Morgan fingerprint density at radius 3 is 2.47 bits per heavy atom. The van der Waals surface area contributed by atoms with Gasteiger partial charge in [-0.3, -0.25) is 9.59 Å². The largest absolute Gasteiger partial charge is 0.481 e. The highest BCUT2D eigenvalue weighted by atomic mass is 16.5. The van der Waals surface area contributed by atoms with Crippen LogP contribution in [0.5, 0.6) is 0 Å². The second-order valence-electron chi connectivity index (χ2n) is 4.64. The summed E-state index contributed by atoms with van der Waals surface area (Å²) in [6, 6.07) is 0. The molecule has 0 aromatic rings. The summed E-state index contributed by atoms with van der Waals surface area (Å²) in [5.41, 5.74) is -0.561. The fourth-order valence-electron chi connectivity index (χ4n) is 2.38. The topological polar surface area (TPSA) is 75.6 Å². The molecule has 17 heavy (non-hydrogen) atoms. The molecule has 1 aliphatic carbocycles. The number of aliphatic carboxylic acids is 1. The van der Waals surface area contributed by atoms with Gasteiger partial charge in [0, 0.05) is 6.61 Å². The highest BCUT2D eigenvalue weighted by Gasteiger charge is 2.38. The van der Waals surface area contributed by atoms with Crippen molar-refractivity contribution in [3.05, 3.63) is 0 Å². The van der Waals surface area contributed by atoms with E-state index in [9.17, 15) is 9.59 Å². The maximum Gasteiger partial charge on any atom is 0.305 e. The first-order chi connectivity index (χ1) is 7.99. The Morgan fingerprint density at radius 2 is 2.00 bits per heavy atom. The fraction of sp³-hybridized carbons (Fsp3) is 0.833. The molecule has 1 rings (SSSR count). The van der Waals surface area contributed by atoms with Gasteiger partial charge in [0.1, 0.15) is 6.10 Å². The number of hydrogen-bond donors (Lipinski definition) is 2. The highest BCUT2D eigenvalue weighted by molar-refractivity contribution is 5.82.